The van der Waals surface area contributed by atoms with Crippen LogP contribution in [0, 0.1) is 16.0 Å². The minimum Gasteiger partial charge on any atom is -0.353 e. The van der Waals surface area contributed by atoms with Crippen molar-refractivity contribution >= 4 is 33.2 Å². The van der Waals surface area contributed by atoms with E-state index in [1.54, 1.807) is 0 Å². The van der Waals surface area contributed by atoms with E-state index >= 15 is 0 Å². The van der Waals surface area contributed by atoms with Crippen LogP contribution in [-0.4, -0.2) is 42.7 Å². The highest BCUT2D eigenvalue weighted by molar-refractivity contribution is 7.89. The van der Waals surface area contributed by atoms with Crippen LogP contribution in [0.25, 0.3) is 0 Å². The van der Waals surface area contributed by atoms with E-state index in [1.165, 1.54) is 16.4 Å². The van der Waals surface area contributed by atoms with E-state index in [4.69, 9.17) is 11.6 Å². The third-order valence-electron chi connectivity index (χ3n) is 5.28. The SMILES string of the molecule is O=C(NC1CCCC1)C1CCN(S(=O)(=O)c2ccc(Cl)c([N+](=O)[O-])c2)CC1. The summed E-state index contributed by atoms with van der Waals surface area (Å²) < 4.78 is 26.9. The van der Waals surface area contributed by atoms with Gasteiger partial charge in [-0.1, -0.05) is 24.4 Å². The molecule has 148 valence electrons. The van der Waals surface area contributed by atoms with Gasteiger partial charge in [-0.15, -0.1) is 0 Å². The Morgan fingerprint density at radius 3 is 2.41 bits per heavy atom. The second-order valence-corrected chi connectivity index (χ2v) is 9.38. The minimum absolute atomic E-state index is 0.000999. The van der Waals surface area contributed by atoms with Gasteiger partial charge in [0, 0.05) is 31.1 Å². The fourth-order valence-corrected chi connectivity index (χ4v) is 5.37. The number of carbonyl (C=O) groups excluding carboxylic acids is 1. The van der Waals surface area contributed by atoms with Gasteiger partial charge < -0.3 is 5.32 Å². The van der Waals surface area contributed by atoms with Gasteiger partial charge >= 0.3 is 0 Å². The first-order valence-electron chi connectivity index (χ1n) is 9.03. The lowest BCUT2D eigenvalue weighted by Gasteiger charge is -2.31. The van der Waals surface area contributed by atoms with E-state index in [9.17, 15) is 23.3 Å². The molecule has 0 unspecified atom stereocenters. The van der Waals surface area contributed by atoms with Gasteiger partial charge in [0.05, 0.1) is 9.82 Å². The van der Waals surface area contributed by atoms with Crippen LogP contribution in [-0.2, 0) is 14.8 Å². The molecule has 1 N–H and O–H groups in total. The molecule has 1 heterocycles. The number of hydrogen-bond donors (Lipinski definition) is 1. The number of nitro benzene ring substituents is 1. The van der Waals surface area contributed by atoms with Gasteiger partial charge in [0.15, 0.2) is 0 Å². The molecule has 2 aliphatic rings. The van der Waals surface area contributed by atoms with Crippen molar-refractivity contribution in [1.29, 1.82) is 0 Å². The zero-order valence-corrected chi connectivity index (χ0v) is 16.3. The van der Waals surface area contributed by atoms with Gasteiger partial charge in [0.1, 0.15) is 5.02 Å². The van der Waals surface area contributed by atoms with E-state index in [-0.39, 0.29) is 40.9 Å². The third kappa shape index (κ3) is 4.41. The number of halogens is 1. The van der Waals surface area contributed by atoms with Crippen molar-refractivity contribution in [3.8, 4) is 0 Å². The minimum atomic E-state index is -3.87. The Balaban J connectivity index is 1.65. The monoisotopic (exact) mass is 415 g/mol. The van der Waals surface area contributed by atoms with E-state index in [2.05, 4.69) is 5.32 Å². The number of nitrogens with one attached hydrogen (secondary N) is 1. The lowest BCUT2D eigenvalue weighted by atomic mass is 9.97. The molecule has 8 nitrogen and oxygen atoms in total. The molecule has 0 aromatic heterocycles. The summed E-state index contributed by atoms with van der Waals surface area (Å²) >= 11 is 5.76. The van der Waals surface area contributed by atoms with E-state index in [0.29, 0.717) is 12.8 Å². The molecule has 1 aromatic carbocycles. The zero-order valence-electron chi connectivity index (χ0n) is 14.8. The number of nitrogens with zero attached hydrogens (tertiary/aromatic N) is 2. The highest BCUT2D eigenvalue weighted by atomic mass is 35.5. The standard InChI is InChI=1S/C17H22ClN3O5S/c18-15-6-5-14(11-16(15)21(23)24)27(25,26)20-9-7-12(8-10-20)17(22)19-13-3-1-2-4-13/h5-6,11-13H,1-4,7-10H2,(H,19,22). The Bertz CT molecular complexity index is 831. The molecule has 1 saturated carbocycles. The topological polar surface area (TPSA) is 110 Å². The number of amides is 1. The fraction of sp³-hybridized carbons (Fsp3) is 0.588. The molecule has 0 spiro atoms. The first-order chi connectivity index (χ1) is 12.8. The number of benzene rings is 1. The molecule has 0 atom stereocenters. The maximum Gasteiger partial charge on any atom is 0.289 e. The molecule has 1 aliphatic carbocycles. The maximum absolute atomic E-state index is 12.8. The van der Waals surface area contributed by atoms with Gasteiger partial charge in [0.25, 0.3) is 5.69 Å². The molecule has 3 rings (SSSR count). The normalized spacial score (nSPS) is 19.9. The highest BCUT2D eigenvalue weighted by Gasteiger charge is 2.33. The van der Waals surface area contributed by atoms with Crippen LogP contribution in [0.5, 0.6) is 0 Å². The number of piperidine rings is 1. The van der Waals surface area contributed by atoms with Crippen LogP contribution < -0.4 is 5.32 Å². The van der Waals surface area contributed by atoms with Gasteiger partial charge in [-0.05, 0) is 37.8 Å². The summed E-state index contributed by atoms with van der Waals surface area (Å²) in [6.45, 7) is 0.420. The van der Waals surface area contributed by atoms with Crippen molar-refractivity contribution in [2.24, 2.45) is 5.92 Å². The quantitative estimate of drug-likeness (QED) is 0.587. The largest absolute Gasteiger partial charge is 0.353 e. The first kappa shape index (κ1) is 20.0. The Morgan fingerprint density at radius 1 is 1.19 bits per heavy atom. The van der Waals surface area contributed by atoms with Crippen LogP contribution in [0.4, 0.5) is 5.69 Å². The lowest BCUT2D eigenvalue weighted by molar-refractivity contribution is -0.384. The molecular weight excluding hydrogens is 394 g/mol. The molecule has 0 radical (unpaired) electrons. The smallest absolute Gasteiger partial charge is 0.289 e. The van der Waals surface area contributed by atoms with Crippen LogP contribution >= 0.6 is 11.6 Å². The van der Waals surface area contributed by atoms with Crippen molar-refractivity contribution < 1.29 is 18.1 Å². The van der Waals surface area contributed by atoms with E-state index in [0.717, 1.165) is 31.7 Å². The molecule has 0 bridgehead atoms. The molecule has 10 heteroatoms. The summed E-state index contributed by atoms with van der Waals surface area (Å²) in [5.41, 5.74) is -0.441. The number of carbonyl (C=O) groups is 1. The van der Waals surface area contributed by atoms with Crippen molar-refractivity contribution in [2.75, 3.05) is 13.1 Å². The molecule has 1 amide bonds. The summed E-state index contributed by atoms with van der Waals surface area (Å²) in [5, 5.41) is 14.0. The summed E-state index contributed by atoms with van der Waals surface area (Å²) in [6.07, 6.45) is 5.16. The van der Waals surface area contributed by atoms with E-state index in [1.807, 2.05) is 0 Å². The average Bonchev–Trinajstić information content (AvgIpc) is 3.14. The second-order valence-electron chi connectivity index (χ2n) is 7.04. The number of rotatable bonds is 5. The van der Waals surface area contributed by atoms with E-state index < -0.39 is 20.6 Å². The number of hydrogen-bond acceptors (Lipinski definition) is 5. The molecule has 1 saturated heterocycles. The predicted molar refractivity (Wildman–Crippen MR) is 100.0 cm³/mol. The van der Waals surface area contributed by atoms with Crippen LogP contribution in [0.15, 0.2) is 23.1 Å². The van der Waals surface area contributed by atoms with Crippen LogP contribution in [0.1, 0.15) is 38.5 Å². The predicted octanol–water partition coefficient (Wildman–Crippen LogP) is 2.71. The highest BCUT2D eigenvalue weighted by Crippen LogP contribution is 2.30. The van der Waals surface area contributed by atoms with Crippen LogP contribution in [0.2, 0.25) is 5.02 Å². The van der Waals surface area contributed by atoms with Crippen molar-refractivity contribution in [2.45, 2.75) is 49.5 Å². The Morgan fingerprint density at radius 2 is 1.81 bits per heavy atom. The van der Waals surface area contributed by atoms with Crippen molar-refractivity contribution in [1.82, 2.24) is 9.62 Å². The first-order valence-corrected chi connectivity index (χ1v) is 10.9. The molecule has 2 fully saturated rings. The van der Waals surface area contributed by atoms with Crippen molar-refractivity contribution in [3.63, 3.8) is 0 Å². The van der Waals surface area contributed by atoms with Gasteiger partial charge in [-0.25, -0.2) is 8.42 Å². The Kier molecular flexibility index (Phi) is 6.02. The summed E-state index contributed by atoms with van der Waals surface area (Å²) in [5.74, 6) is -0.197. The van der Waals surface area contributed by atoms with Crippen molar-refractivity contribution in [3.05, 3.63) is 33.3 Å². The average molecular weight is 416 g/mol. The molecule has 1 aromatic rings. The molecule has 27 heavy (non-hydrogen) atoms. The zero-order chi connectivity index (χ0) is 19.6. The van der Waals surface area contributed by atoms with Gasteiger partial charge in [0.2, 0.25) is 15.9 Å². The summed E-state index contributed by atoms with van der Waals surface area (Å²) in [6, 6.07) is 3.71. The Hall–Kier alpha value is -1.71. The summed E-state index contributed by atoms with van der Waals surface area (Å²) in [4.78, 5) is 22.5. The van der Waals surface area contributed by atoms with Gasteiger partial charge in [-0.3, -0.25) is 14.9 Å². The molecular formula is C17H22ClN3O5S. The second kappa shape index (κ2) is 8.12. The third-order valence-corrected chi connectivity index (χ3v) is 7.49. The van der Waals surface area contributed by atoms with Gasteiger partial charge in [-0.2, -0.15) is 4.31 Å². The lowest BCUT2D eigenvalue weighted by Crippen LogP contribution is -2.44. The summed E-state index contributed by atoms with van der Waals surface area (Å²) in [7, 11) is -3.87. The number of nitro groups is 1. The maximum atomic E-state index is 12.8. The number of sulfonamides is 1. The molecule has 1 aliphatic heterocycles. The Labute approximate surface area is 163 Å². The fourth-order valence-electron chi connectivity index (χ4n) is 3.69. The van der Waals surface area contributed by atoms with Crippen LogP contribution in [0.3, 0.4) is 0 Å².